The minimum Gasteiger partial charge on any atom is -0.390 e. The van der Waals surface area contributed by atoms with E-state index in [-0.39, 0.29) is 12.2 Å². The van der Waals surface area contributed by atoms with Crippen LogP contribution in [-0.2, 0) is 4.74 Å². The van der Waals surface area contributed by atoms with Gasteiger partial charge in [0.15, 0.2) is 0 Å². The zero-order chi connectivity index (χ0) is 9.56. The molecule has 0 fully saturated rings. The average Bonchev–Trinajstić information content (AvgIpc) is 1.98. The number of ether oxygens (including phenoxy) is 1. The Morgan fingerprint density at radius 2 is 1.83 bits per heavy atom. The molecule has 0 aromatic carbocycles. The van der Waals surface area contributed by atoms with Crippen molar-refractivity contribution >= 4 is 0 Å². The molecule has 0 amide bonds. The van der Waals surface area contributed by atoms with E-state index in [4.69, 9.17) is 4.74 Å². The molecule has 0 aromatic heterocycles. The molecule has 2 nitrogen and oxygen atoms in total. The quantitative estimate of drug-likeness (QED) is 0.669. The van der Waals surface area contributed by atoms with Crippen molar-refractivity contribution in [3.8, 4) is 0 Å². The van der Waals surface area contributed by atoms with E-state index in [0.29, 0.717) is 12.5 Å². The van der Waals surface area contributed by atoms with E-state index in [1.807, 2.05) is 13.8 Å². The molecule has 0 heterocycles. The van der Waals surface area contributed by atoms with Crippen LogP contribution in [0.1, 0.15) is 40.5 Å². The molecule has 0 saturated carbocycles. The summed E-state index contributed by atoms with van der Waals surface area (Å²) < 4.78 is 5.40. The van der Waals surface area contributed by atoms with Crippen LogP contribution in [-0.4, -0.2) is 23.9 Å². The number of aliphatic hydroxyl groups is 1. The molecular weight excluding hydrogens is 152 g/mol. The SMILES string of the molecule is CCOC(CC)C(O)CC(C)C. The molecule has 12 heavy (non-hydrogen) atoms. The normalized spacial score (nSPS) is 16.5. The van der Waals surface area contributed by atoms with Crippen LogP contribution in [0, 0.1) is 5.92 Å². The van der Waals surface area contributed by atoms with Gasteiger partial charge in [-0.1, -0.05) is 20.8 Å². The minimum atomic E-state index is -0.296. The molecule has 0 aliphatic rings. The Hall–Kier alpha value is -0.0800. The Bertz CT molecular complexity index is 102. The van der Waals surface area contributed by atoms with Gasteiger partial charge in [-0.15, -0.1) is 0 Å². The van der Waals surface area contributed by atoms with Crippen LogP contribution in [0.2, 0.25) is 0 Å². The van der Waals surface area contributed by atoms with Gasteiger partial charge in [-0.05, 0) is 25.7 Å². The van der Waals surface area contributed by atoms with E-state index in [1.165, 1.54) is 0 Å². The van der Waals surface area contributed by atoms with E-state index in [9.17, 15) is 5.11 Å². The molecule has 0 bridgehead atoms. The third kappa shape index (κ3) is 4.73. The summed E-state index contributed by atoms with van der Waals surface area (Å²) in [6.45, 7) is 8.92. The van der Waals surface area contributed by atoms with Crippen LogP contribution in [0.25, 0.3) is 0 Å². The van der Waals surface area contributed by atoms with E-state index in [2.05, 4.69) is 13.8 Å². The first-order valence-electron chi connectivity index (χ1n) is 4.91. The van der Waals surface area contributed by atoms with Gasteiger partial charge < -0.3 is 9.84 Å². The summed E-state index contributed by atoms with van der Waals surface area (Å²) in [5.74, 6) is 0.537. The molecule has 2 heteroatoms. The van der Waals surface area contributed by atoms with Gasteiger partial charge in [0.05, 0.1) is 12.2 Å². The highest BCUT2D eigenvalue weighted by Gasteiger charge is 2.17. The van der Waals surface area contributed by atoms with Gasteiger partial charge >= 0.3 is 0 Å². The summed E-state index contributed by atoms with van der Waals surface area (Å²) >= 11 is 0. The molecule has 0 aliphatic carbocycles. The molecule has 0 saturated heterocycles. The van der Waals surface area contributed by atoms with Crippen LogP contribution in [0.3, 0.4) is 0 Å². The Kier molecular flexibility index (Phi) is 6.39. The lowest BCUT2D eigenvalue weighted by molar-refractivity contribution is -0.0417. The first-order chi connectivity index (χ1) is 5.61. The maximum atomic E-state index is 9.69. The van der Waals surface area contributed by atoms with Crippen molar-refractivity contribution in [2.75, 3.05) is 6.61 Å². The highest BCUT2D eigenvalue weighted by Crippen LogP contribution is 2.12. The van der Waals surface area contributed by atoms with Crippen LogP contribution in [0.5, 0.6) is 0 Å². The van der Waals surface area contributed by atoms with Crippen molar-refractivity contribution in [2.24, 2.45) is 5.92 Å². The number of rotatable bonds is 6. The second-order valence-electron chi connectivity index (χ2n) is 3.60. The molecule has 0 aliphatic heterocycles. The van der Waals surface area contributed by atoms with Gasteiger partial charge in [-0.3, -0.25) is 0 Å². The maximum Gasteiger partial charge on any atom is 0.0831 e. The second-order valence-corrected chi connectivity index (χ2v) is 3.60. The summed E-state index contributed by atoms with van der Waals surface area (Å²) in [6, 6.07) is 0. The number of hydrogen-bond acceptors (Lipinski definition) is 2. The van der Waals surface area contributed by atoms with Crippen LogP contribution in [0.4, 0.5) is 0 Å². The van der Waals surface area contributed by atoms with Gasteiger partial charge in [0, 0.05) is 6.61 Å². The van der Waals surface area contributed by atoms with E-state index in [1.54, 1.807) is 0 Å². The zero-order valence-corrected chi connectivity index (χ0v) is 8.71. The fourth-order valence-corrected chi connectivity index (χ4v) is 1.35. The van der Waals surface area contributed by atoms with Crippen molar-refractivity contribution in [3.05, 3.63) is 0 Å². The second kappa shape index (κ2) is 6.44. The third-order valence-electron chi connectivity index (χ3n) is 1.93. The number of aliphatic hydroxyl groups excluding tert-OH is 1. The third-order valence-corrected chi connectivity index (χ3v) is 1.93. The molecule has 1 N–H and O–H groups in total. The largest absolute Gasteiger partial charge is 0.390 e. The molecular formula is C10H22O2. The monoisotopic (exact) mass is 174 g/mol. The van der Waals surface area contributed by atoms with Crippen molar-refractivity contribution in [1.29, 1.82) is 0 Å². The summed E-state index contributed by atoms with van der Waals surface area (Å²) in [5.41, 5.74) is 0. The molecule has 0 spiro atoms. The zero-order valence-electron chi connectivity index (χ0n) is 8.71. The van der Waals surface area contributed by atoms with Crippen LogP contribution < -0.4 is 0 Å². The predicted octanol–water partition coefficient (Wildman–Crippen LogP) is 2.21. The lowest BCUT2D eigenvalue weighted by atomic mass is 10.0. The van der Waals surface area contributed by atoms with Crippen molar-refractivity contribution in [3.63, 3.8) is 0 Å². The summed E-state index contributed by atoms with van der Waals surface area (Å²) in [7, 11) is 0. The highest BCUT2D eigenvalue weighted by atomic mass is 16.5. The Balaban J connectivity index is 3.76. The lowest BCUT2D eigenvalue weighted by Crippen LogP contribution is -2.29. The standard InChI is InChI=1S/C10H22O2/c1-5-10(12-6-2)9(11)7-8(3)4/h8-11H,5-7H2,1-4H3. The van der Waals surface area contributed by atoms with Gasteiger partial charge in [-0.2, -0.15) is 0 Å². The van der Waals surface area contributed by atoms with Crippen molar-refractivity contribution < 1.29 is 9.84 Å². The van der Waals surface area contributed by atoms with E-state index < -0.39 is 0 Å². The van der Waals surface area contributed by atoms with E-state index >= 15 is 0 Å². The molecule has 0 radical (unpaired) electrons. The van der Waals surface area contributed by atoms with Gasteiger partial charge in [-0.25, -0.2) is 0 Å². The highest BCUT2D eigenvalue weighted by molar-refractivity contribution is 4.68. The van der Waals surface area contributed by atoms with Crippen molar-refractivity contribution in [1.82, 2.24) is 0 Å². The van der Waals surface area contributed by atoms with Crippen LogP contribution in [0.15, 0.2) is 0 Å². The Morgan fingerprint density at radius 1 is 1.25 bits per heavy atom. The molecule has 0 rings (SSSR count). The molecule has 74 valence electrons. The maximum absolute atomic E-state index is 9.69. The minimum absolute atomic E-state index is 0.0254. The predicted molar refractivity (Wildman–Crippen MR) is 51.2 cm³/mol. The van der Waals surface area contributed by atoms with Gasteiger partial charge in [0.1, 0.15) is 0 Å². The molecule has 2 atom stereocenters. The summed E-state index contributed by atoms with van der Waals surface area (Å²) in [5, 5.41) is 9.69. The van der Waals surface area contributed by atoms with Crippen molar-refractivity contribution in [2.45, 2.75) is 52.7 Å². The first kappa shape index (κ1) is 11.9. The Labute approximate surface area is 75.9 Å². The first-order valence-corrected chi connectivity index (χ1v) is 4.91. The fourth-order valence-electron chi connectivity index (χ4n) is 1.35. The lowest BCUT2D eigenvalue weighted by Gasteiger charge is -2.22. The van der Waals surface area contributed by atoms with Gasteiger partial charge in [0.2, 0.25) is 0 Å². The Morgan fingerprint density at radius 3 is 2.17 bits per heavy atom. The summed E-state index contributed by atoms with van der Waals surface area (Å²) in [6.07, 6.45) is 1.45. The van der Waals surface area contributed by atoms with Crippen LogP contribution >= 0.6 is 0 Å². The smallest absolute Gasteiger partial charge is 0.0831 e. The molecule has 2 unspecified atom stereocenters. The topological polar surface area (TPSA) is 29.5 Å². The fraction of sp³-hybridized carbons (Fsp3) is 1.00. The number of hydrogen-bond donors (Lipinski definition) is 1. The molecule has 0 aromatic rings. The van der Waals surface area contributed by atoms with Gasteiger partial charge in [0.25, 0.3) is 0 Å². The van der Waals surface area contributed by atoms with E-state index in [0.717, 1.165) is 12.8 Å². The summed E-state index contributed by atoms with van der Waals surface area (Å²) in [4.78, 5) is 0. The average molecular weight is 174 g/mol.